The monoisotopic (exact) mass is 308 g/mol. The van der Waals surface area contributed by atoms with E-state index in [9.17, 15) is 0 Å². The van der Waals surface area contributed by atoms with Gasteiger partial charge in [0.2, 0.25) is 0 Å². The predicted octanol–water partition coefficient (Wildman–Crippen LogP) is 3.93. The van der Waals surface area contributed by atoms with Crippen molar-refractivity contribution in [2.45, 2.75) is 18.2 Å². The van der Waals surface area contributed by atoms with Crippen molar-refractivity contribution >= 4 is 44.9 Å². The van der Waals surface area contributed by atoms with E-state index in [2.05, 4.69) is 26.2 Å². The van der Waals surface area contributed by atoms with Crippen molar-refractivity contribution < 1.29 is 0 Å². The van der Waals surface area contributed by atoms with Gasteiger partial charge in [0.25, 0.3) is 0 Å². The lowest BCUT2D eigenvalue weighted by Gasteiger charge is -2.31. The Morgan fingerprint density at radius 2 is 2.27 bits per heavy atom. The average molecular weight is 310 g/mol. The molecule has 15 heavy (non-hydrogen) atoms. The first-order chi connectivity index (χ1) is 7.15. The molecule has 1 N–H and O–H groups in total. The second kappa shape index (κ2) is 4.89. The SMILES string of the molecule is Clc1cc(Br)cnc1NCC1CC(Cl)C1. The number of rotatable bonds is 3. The van der Waals surface area contributed by atoms with Crippen LogP contribution in [-0.2, 0) is 0 Å². The van der Waals surface area contributed by atoms with Gasteiger partial charge < -0.3 is 5.32 Å². The number of hydrogen-bond donors (Lipinski definition) is 1. The maximum atomic E-state index is 6.02. The zero-order valence-corrected chi connectivity index (χ0v) is 11.1. The van der Waals surface area contributed by atoms with Crippen molar-refractivity contribution in [2.24, 2.45) is 5.92 Å². The summed E-state index contributed by atoms with van der Waals surface area (Å²) in [6.07, 6.45) is 3.91. The summed E-state index contributed by atoms with van der Waals surface area (Å²) in [5.41, 5.74) is 0. The van der Waals surface area contributed by atoms with E-state index in [0.29, 0.717) is 16.3 Å². The van der Waals surface area contributed by atoms with Crippen LogP contribution in [0.15, 0.2) is 16.7 Å². The standard InChI is InChI=1S/C10H11BrCl2N2/c11-7-3-9(13)10(15-5-7)14-4-6-1-8(12)2-6/h3,5-6,8H,1-2,4H2,(H,14,15). The van der Waals surface area contributed by atoms with Crippen LogP contribution in [0.3, 0.4) is 0 Å². The molecular formula is C10H11BrCl2N2. The minimum atomic E-state index is 0.366. The lowest BCUT2D eigenvalue weighted by atomic mass is 9.85. The predicted molar refractivity (Wildman–Crippen MR) is 67.8 cm³/mol. The third kappa shape index (κ3) is 2.99. The third-order valence-corrected chi connectivity index (χ3v) is 3.62. The molecule has 0 unspecified atom stereocenters. The Labute approximate surface area is 107 Å². The van der Waals surface area contributed by atoms with Gasteiger partial charge in [-0.25, -0.2) is 4.98 Å². The highest BCUT2D eigenvalue weighted by atomic mass is 79.9. The van der Waals surface area contributed by atoms with E-state index in [1.165, 1.54) is 0 Å². The van der Waals surface area contributed by atoms with Gasteiger partial charge in [-0.3, -0.25) is 0 Å². The molecule has 82 valence electrons. The summed E-state index contributed by atoms with van der Waals surface area (Å²) in [6.45, 7) is 0.900. The zero-order valence-electron chi connectivity index (χ0n) is 8.01. The van der Waals surface area contributed by atoms with Crippen LogP contribution in [-0.4, -0.2) is 16.9 Å². The van der Waals surface area contributed by atoms with Gasteiger partial charge >= 0.3 is 0 Å². The lowest BCUT2D eigenvalue weighted by molar-refractivity contribution is 0.341. The molecule has 0 bridgehead atoms. The molecule has 1 aromatic heterocycles. The van der Waals surface area contributed by atoms with Crippen LogP contribution in [0.2, 0.25) is 5.02 Å². The van der Waals surface area contributed by atoms with Gasteiger partial charge in [-0.1, -0.05) is 11.6 Å². The Bertz CT molecular complexity index is 353. The molecule has 1 aromatic rings. The summed E-state index contributed by atoms with van der Waals surface area (Å²) in [6, 6.07) is 1.84. The highest BCUT2D eigenvalue weighted by molar-refractivity contribution is 9.10. The quantitative estimate of drug-likeness (QED) is 0.856. The number of aromatic nitrogens is 1. The summed E-state index contributed by atoms with van der Waals surface area (Å²) in [5.74, 6) is 1.41. The van der Waals surface area contributed by atoms with Gasteiger partial charge in [-0.2, -0.15) is 0 Å². The van der Waals surface area contributed by atoms with E-state index in [1.807, 2.05) is 6.07 Å². The van der Waals surface area contributed by atoms with Crippen LogP contribution in [0, 0.1) is 5.92 Å². The first-order valence-corrected chi connectivity index (χ1v) is 6.45. The van der Waals surface area contributed by atoms with E-state index >= 15 is 0 Å². The van der Waals surface area contributed by atoms with Crippen molar-refractivity contribution in [1.29, 1.82) is 0 Å². The van der Waals surface area contributed by atoms with Crippen LogP contribution in [0.25, 0.3) is 0 Å². The van der Waals surface area contributed by atoms with Gasteiger partial charge in [-0.15, -0.1) is 11.6 Å². The van der Waals surface area contributed by atoms with E-state index in [0.717, 1.165) is 29.7 Å². The van der Waals surface area contributed by atoms with Crippen LogP contribution in [0.5, 0.6) is 0 Å². The van der Waals surface area contributed by atoms with E-state index in [4.69, 9.17) is 23.2 Å². The lowest BCUT2D eigenvalue weighted by Crippen LogP contribution is -2.30. The second-order valence-corrected chi connectivity index (χ2v) is 5.74. The first-order valence-electron chi connectivity index (χ1n) is 4.84. The minimum absolute atomic E-state index is 0.366. The Balaban J connectivity index is 1.88. The van der Waals surface area contributed by atoms with E-state index in [-0.39, 0.29) is 0 Å². The number of nitrogens with zero attached hydrogens (tertiary/aromatic N) is 1. The largest absolute Gasteiger partial charge is 0.369 e. The highest BCUT2D eigenvalue weighted by Crippen LogP contribution is 2.32. The molecule has 2 nitrogen and oxygen atoms in total. The summed E-state index contributed by atoms with van der Waals surface area (Å²) >= 11 is 15.2. The summed E-state index contributed by atoms with van der Waals surface area (Å²) in [5, 5.41) is 4.25. The third-order valence-electron chi connectivity index (χ3n) is 2.54. The van der Waals surface area contributed by atoms with Crippen molar-refractivity contribution in [1.82, 2.24) is 4.98 Å². The molecule has 0 aromatic carbocycles. The molecule has 5 heteroatoms. The van der Waals surface area contributed by atoms with Gasteiger partial charge in [-0.05, 0) is 40.8 Å². The normalized spacial score (nSPS) is 24.7. The summed E-state index contributed by atoms with van der Waals surface area (Å²) < 4.78 is 0.891. The Morgan fingerprint density at radius 3 is 2.87 bits per heavy atom. The van der Waals surface area contributed by atoms with Crippen molar-refractivity contribution in [3.8, 4) is 0 Å². The van der Waals surface area contributed by atoms with Crippen LogP contribution < -0.4 is 5.32 Å². The Hall–Kier alpha value is 0.01000. The molecular weight excluding hydrogens is 299 g/mol. The van der Waals surface area contributed by atoms with Gasteiger partial charge in [0.1, 0.15) is 5.82 Å². The molecule has 0 radical (unpaired) electrons. The molecule has 1 aliphatic carbocycles. The minimum Gasteiger partial charge on any atom is -0.369 e. The summed E-state index contributed by atoms with van der Waals surface area (Å²) in [4.78, 5) is 4.20. The van der Waals surface area contributed by atoms with Crippen LogP contribution in [0.4, 0.5) is 5.82 Å². The van der Waals surface area contributed by atoms with Crippen LogP contribution in [0.1, 0.15) is 12.8 Å². The first kappa shape index (κ1) is 11.5. The zero-order chi connectivity index (χ0) is 10.8. The molecule has 1 aliphatic rings. The average Bonchev–Trinajstić information content (AvgIpc) is 2.13. The fourth-order valence-electron chi connectivity index (χ4n) is 1.61. The van der Waals surface area contributed by atoms with Gasteiger partial charge in [0.05, 0.1) is 5.02 Å². The van der Waals surface area contributed by atoms with Crippen LogP contribution >= 0.6 is 39.1 Å². The number of halogens is 3. The number of hydrogen-bond acceptors (Lipinski definition) is 2. The van der Waals surface area contributed by atoms with Crippen molar-refractivity contribution in [2.75, 3.05) is 11.9 Å². The topological polar surface area (TPSA) is 24.9 Å². The maximum absolute atomic E-state index is 6.02. The van der Waals surface area contributed by atoms with E-state index in [1.54, 1.807) is 6.20 Å². The van der Waals surface area contributed by atoms with Crippen molar-refractivity contribution in [3.63, 3.8) is 0 Å². The Morgan fingerprint density at radius 1 is 1.53 bits per heavy atom. The molecule has 2 rings (SSSR count). The number of pyridine rings is 1. The fraction of sp³-hybridized carbons (Fsp3) is 0.500. The maximum Gasteiger partial charge on any atom is 0.144 e. The van der Waals surface area contributed by atoms with E-state index < -0.39 is 0 Å². The van der Waals surface area contributed by atoms with Gasteiger partial charge in [0.15, 0.2) is 0 Å². The number of anilines is 1. The molecule has 0 spiro atoms. The number of alkyl halides is 1. The van der Waals surface area contributed by atoms with Gasteiger partial charge in [0, 0.05) is 22.6 Å². The molecule has 1 heterocycles. The highest BCUT2D eigenvalue weighted by Gasteiger charge is 2.26. The molecule has 0 amide bonds. The Kier molecular flexibility index (Phi) is 3.75. The molecule has 1 saturated carbocycles. The molecule has 1 fully saturated rings. The number of nitrogens with one attached hydrogen (secondary N) is 1. The molecule has 0 atom stereocenters. The second-order valence-electron chi connectivity index (χ2n) is 3.80. The molecule has 0 saturated heterocycles. The smallest absolute Gasteiger partial charge is 0.144 e. The molecule has 0 aliphatic heterocycles. The van der Waals surface area contributed by atoms with Crippen molar-refractivity contribution in [3.05, 3.63) is 21.8 Å². The summed E-state index contributed by atoms with van der Waals surface area (Å²) in [7, 11) is 0. The fourth-order valence-corrected chi connectivity index (χ4v) is 2.81.